The van der Waals surface area contributed by atoms with Crippen molar-refractivity contribution in [3.8, 4) is 0 Å². The molecule has 1 saturated carbocycles. The van der Waals surface area contributed by atoms with Crippen LogP contribution in [0.15, 0.2) is 29.0 Å². The Hall–Kier alpha value is -2.41. The maximum atomic E-state index is 5.39. The summed E-state index contributed by atoms with van der Waals surface area (Å²) in [5, 5.41) is 4.06. The van der Waals surface area contributed by atoms with Crippen molar-refractivity contribution >= 4 is 11.3 Å². The van der Waals surface area contributed by atoms with E-state index in [1.807, 2.05) is 0 Å². The lowest BCUT2D eigenvalue weighted by atomic mass is 10.2. The number of pyridine rings is 1. The summed E-state index contributed by atoms with van der Waals surface area (Å²) < 4.78 is 7.57. The van der Waals surface area contributed by atoms with E-state index in [-0.39, 0.29) is 0 Å². The largest absolute Gasteiger partial charge is 0.368 e. The van der Waals surface area contributed by atoms with Gasteiger partial charge in [-0.15, -0.1) is 0 Å². The molecule has 0 atom stereocenters. The lowest BCUT2D eigenvalue weighted by molar-refractivity contribution is 0.215. The summed E-state index contributed by atoms with van der Waals surface area (Å²) in [5.74, 6) is 2.51. The molecule has 0 spiro atoms. The Labute approximate surface area is 159 Å². The highest BCUT2D eigenvalue weighted by atomic mass is 16.5. The molecule has 0 aromatic carbocycles. The summed E-state index contributed by atoms with van der Waals surface area (Å²) >= 11 is 0. The van der Waals surface area contributed by atoms with Gasteiger partial charge >= 0.3 is 0 Å². The smallest absolute Gasteiger partial charge is 0.240 e. The van der Waals surface area contributed by atoms with E-state index in [0.717, 1.165) is 50.1 Å². The standard InChI is InChI=1S/C20H26N6O/c1-14(2)20-22-19(27-23-20)13-24-7-9-25(10-8-24)16-5-6-18-21-17(15-3-4-15)12-26(18)11-16/h5-6,11-12,14-15H,3-4,7-10,13H2,1-2H3. The molecule has 0 amide bonds. The highest BCUT2D eigenvalue weighted by molar-refractivity contribution is 5.53. The van der Waals surface area contributed by atoms with Gasteiger partial charge in [0.25, 0.3) is 0 Å². The van der Waals surface area contributed by atoms with Crippen molar-refractivity contribution in [3.63, 3.8) is 0 Å². The molecule has 27 heavy (non-hydrogen) atoms. The van der Waals surface area contributed by atoms with E-state index in [1.54, 1.807) is 0 Å². The zero-order chi connectivity index (χ0) is 18.4. The number of imidazole rings is 1. The van der Waals surface area contributed by atoms with Gasteiger partial charge in [-0.3, -0.25) is 4.90 Å². The minimum atomic E-state index is 0.304. The van der Waals surface area contributed by atoms with Crippen molar-refractivity contribution in [2.75, 3.05) is 31.1 Å². The van der Waals surface area contributed by atoms with Gasteiger partial charge in [-0.2, -0.15) is 4.98 Å². The molecular weight excluding hydrogens is 340 g/mol. The van der Waals surface area contributed by atoms with E-state index < -0.39 is 0 Å². The second-order valence-electron chi connectivity index (χ2n) is 8.06. The quantitative estimate of drug-likeness (QED) is 0.692. The Morgan fingerprint density at radius 3 is 2.59 bits per heavy atom. The zero-order valence-corrected chi connectivity index (χ0v) is 16.0. The monoisotopic (exact) mass is 366 g/mol. The van der Waals surface area contributed by atoms with Gasteiger partial charge in [-0.25, -0.2) is 4.98 Å². The number of aromatic nitrogens is 4. The Bertz CT molecular complexity index is 933. The van der Waals surface area contributed by atoms with Crippen molar-refractivity contribution in [2.45, 2.75) is 45.1 Å². The van der Waals surface area contributed by atoms with Gasteiger partial charge in [0.05, 0.1) is 17.9 Å². The van der Waals surface area contributed by atoms with Crippen LogP contribution in [0.4, 0.5) is 5.69 Å². The van der Waals surface area contributed by atoms with Crippen LogP contribution in [-0.2, 0) is 6.54 Å². The summed E-state index contributed by atoms with van der Waals surface area (Å²) in [6.07, 6.45) is 7.00. The molecule has 0 radical (unpaired) electrons. The summed E-state index contributed by atoms with van der Waals surface area (Å²) in [6.45, 7) is 8.89. The topological polar surface area (TPSA) is 62.7 Å². The number of nitrogens with zero attached hydrogens (tertiary/aromatic N) is 6. The van der Waals surface area contributed by atoms with Crippen LogP contribution in [0, 0.1) is 0 Å². The second-order valence-corrected chi connectivity index (χ2v) is 8.06. The molecule has 5 rings (SSSR count). The Morgan fingerprint density at radius 1 is 1.07 bits per heavy atom. The number of hydrogen-bond donors (Lipinski definition) is 0. The van der Waals surface area contributed by atoms with Crippen molar-refractivity contribution in [3.05, 3.63) is 41.9 Å². The second kappa shape index (κ2) is 6.64. The van der Waals surface area contributed by atoms with Crippen molar-refractivity contribution in [1.82, 2.24) is 24.4 Å². The predicted molar refractivity (Wildman–Crippen MR) is 103 cm³/mol. The molecule has 0 bridgehead atoms. The summed E-state index contributed by atoms with van der Waals surface area (Å²) in [6, 6.07) is 4.33. The number of fused-ring (bicyclic) bond motifs is 1. The van der Waals surface area contributed by atoms with E-state index in [0.29, 0.717) is 11.8 Å². The lowest BCUT2D eigenvalue weighted by Crippen LogP contribution is -2.46. The van der Waals surface area contributed by atoms with E-state index >= 15 is 0 Å². The van der Waals surface area contributed by atoms with Gasteiger partial charge < -0.3 is 13.8 Å². The molecule has 7 heteroatoms. The average Bonchev–Trinajstić information content (AvgIpc) is 3.26. The number of rotatable bonds is 5. The maximum Gasteiger partial charge on any atom is 0.240 e. The number of anilines is 1. The van der Waals surface area contributed by atoms with Crippen LogP contribution in [0.5, 0.6) is 0 Å². The zero-order valence-electron chi connectivity index (χ0n) is 16.0. The van der Waals surface area contributed by atoms with Gasteiger partial charge in [0, 0.05) is 50.4 Å². The normalized spacial score (nSPS) is 18.7. The number of hydrogen-bond acceptors (Lipinski definition) is 6. The van der Waals surface area contributed by atoms with Gasteiger partial charge in [-0.05, 0) is 25.0 Å². The SMILES string of the molecule is CC(C)c1noc(CN2CCN(c3ccc4nc(C5CC5)cn4c3)CC2)n1. The third-order valence-corrected chi connectivity index (χ3v) is 5.55. The Balaban J connectivity index is 1.22. The van der Waals surface area contributed by atoms with Gasteiger partial charge in [0.15, 0.2) is 5.82 Å². The summed E-state index contributed by atoms with van der Waals surface area (Å²) in [5.41, 5.74) is 3.57. The first-order chi connectivity index (χ1) is 13.2. The Kier molecular flexibility index (Phi) is 4.11. The molecule has 7 nitrogen and oxygen atoms in total. The van der Waals surface area contributed by atoms with Crippen LogP contribution in [0.2, 0.25) is 0 Å². The summed E-state index contributed by atoms with van der Waals surface area (Å²) in [7, 11) is 0. The van der Waals surface area contributed by atoms with Gasteiger partial charge in [0.1, 0.15) is 5.65 Å². The molecule has 0 unspecified atom stereocenters. The first-order valence-corrected chi connectivity index (χ1v) is 9.94. The first kappa shape index (κ1) is 16.7. The van der Waals surface area contributed by atoms with Crippen molar-refractivity contribution in [2.24, 2.45) is 0 Å². The molecule has 4 heterocycles. The van der Waals surface area contributed by atoms with Crippen LogP contribution < -0.4 is 4.90 Å². The average molecular weight is 366 g/mol. The fraction of sp³-hybridized carbons (Fsp3) is 0.550. The molecule has 2 aliphatic rings. The third kappa shape index (κ3) is 3.43. The molecule has 3 aromatic rings. The highest BCUT2D eigenvalue weighted by Gasteiger charge is 2.26. The fourth-order valence-corrected chi connectivity index (χ4v) is 3.68. The molecule has 1 aliphatic heterocycles. The van der Waals surface area contributed by atoms with E-state index in [4.69, 9.17) is 9.51 Å². The van der Waals surface area contributed by atoms with Crippen LogP contribution in [-0.4, -0.2) is 50.6 Å². The first-order valence-electron chi connectivity index (χ1n) is 9.94. The van der Waals surface area contributed by atoms with Gasteiger partial charge in [-0.1, -0.05) is 19.0 Å². The minimum absolute atomic E-state index is 0.304. The number of piperazine rings is 1. The highest BCUT2D eigenvalue weighted by Crippen LogP contribution is 2.39. The molecule has 2 fully saturated rings. The maximum absolute atomic E-state index is 5.39. The van der Waals surface area contributed by atoms with Gasteiger partial charge in [0.2, 0.25) is 5.89 Å². The molecule has 3 aromatic heterocycles. The van der Waals surface area contributed by atoms with Crippen LogP contribution >= 0.6 is 0 Å². The third-order valence-electron chi connectivity index (χ3n) is 5.55. The van der Waals surface area contributed by atoms with Crippen LogP contribution in [0.3, 0.4) is 0 Å². The summed E-state index contributed by atoms with van der Waals surface area (Å²) in [4.78, 5) is 14.1. The van der Waals surface area contributed by atoms with Crippen LogP contribution in [0.25, 0.3) is 5.65 Å². The molecule has 1 aliphatic carbocycles. The predicted octanol–water partition coefficient (Wildman–Crippen LogP) is 3.04. The van der Waals surface area contributed by atoms with E-state index in [1.165, 1.54) is 24.2 Å². The van der Waals surface area contributed by atoms with Crippen LogP contribution in [0.1, 0.15) is 55.9 Å². The molecule has 0 N–H and O–H groups in total. The molecule has 142 valence electrons. The van der Waals surface area contributed by atoms with Crippen molar-refractivity contribution in [1.29, 1.82) is 0 Å². The van der Waals surface area contributed by atoms with E-state index in [2.05, 4.69) is 62.7 Å². The van der Waals surface area contributed by atoms with E-state index in [9.17, 15) is 0 Å². The lowest BCUT2D eigenvalue weighted by Gasteiger charge is -2.35. The van der Waals surface area contributed by atoms with Crippen molar-refractivity contribution < 1.29 is 4.52 Å². The Morgan fingerprint density at radius 2 is 1.89 bits per heavy atom. The molecular formula is C20H26N6O. The minimum Gasteiger partial charge on any atom is -0.368 e. The molecule has 1 saturated heterocycles. The fourth-order valence-electron chi connectivity index (χ4n) is 3.68.